The molecule has 2 aromatic carbocycles. The Morgan fingerprint density at radius 2 is 1.50 bits per heavy atom. The molecule has 2 aromatic rings. The van der Waals surface area contributed by atoms with Crippen molar-refractivity contribution in [3.63, 3.8) is 0 Å². The van der Waals surface area contributed by atoms with E-state index >= 15 is 0 Å². The number of benzene rings is 2. The molecule has 0 amide bonds. The standard InChI is InChI=1S/C14H7Cl3O6S/c15-6-1-7(16)3-8(2-6)24(20,21)12-5-11-10(4-9(12)17)22-14(23-11)13(18)19/h1-5,14H,(H,18,19). The predicted molar refractivity (Wildman–Crippen MR) is 86.0 cm³/mol. The quantitative estimate of drug-likeness (QED) is 0.832. The van der Waals surface area contributed by atoms with E-state index in [1.54, 1.807) is 0 Å². The Labute approximate surface area is 151 Å². The van der Waals surface area contributed by atoms with Gasteiger partial charge in [0.2, 0.25) is 9.84 Å². The lowest BCUT2D eigenvalue weighted by Gasteiger charge is -2.09. The third-order valence-corrected chi connectivity index (χ3v) is 5.74. The predicted octanol–water partition coefficient (Wildman–Crippen LogP) is 3.66. The number of carboxylic acids is 1. The van der Waals surface area contributed by atoms with Crippen molar-refractivity contribution < 1.29 is 27.8 Å². The highest BCUT2D eigenvalue weighted by atomic mass is 35.5. The lowest BCUT2D eigenvalue weighted by atomic mass is 10.3. The number of ether oxygens (including phenoxy) is 2. The second kappa shape index (κ2) is 6.00. The molecule has 3 rings (SSSR count). The van der Waals surface area contributed by atoms with Gasteiger partial charge in [0.25, 0.3) is 0 Å². The number of fused-ring (bicyclic) bond motifs is 1. The molecule has 0 saturated carbocycles. The maximum absolute atomic E-state index is 12.8. The molecule has 126 valence electrons. The summed E-state index contributed by atoms with van der Waals surface area (Å²) in [6.45, 7) is 0. The number of hydrogen-bond donors (Lipinski definition) is 1. The summed E-state index contributed by atoms with van der Waals surface area (Å²) in [5, 5.41) is 9.02. The molecule has 1 aliphatic rings. The van der Waals surface area contributed by atoms with Gasteiger partial charge in [0.1, 0.15) is 0 Å². The topological polar surface area (TPSA) is 89.9 Å². The Balaban J connectivity index is 2.10. The highest BCUT2D eigenvalue weighted by Gasteiger charge is 2.33. The van der Waals surface area contributed by atoms with Crippen LogP contribution in [0.4, 0.5) is 0 Å². The first kappa shape index (κ1) is 17.2. The van der Waals surface area contributed by atoms with Crippen LogP contribution in [0.3, 0.4) is 0 Å². The molecule has 10 heteroatoms. The van der Waals surface area contributed by atoms with Crippen molar-refractivity contribution in [1.29, 1.82) is 0 Å². The molecule has 6 nitrogen and oxygen atoms in total. The number of sulfone groups is 1. The van der Waals surface area contributed by atoms with Crippen molar-refractivity contribution in [2.45, 2.75) is 16.1 Å². The van der Waals surface area contributed by atoms with E-state index < -0.39 is 22.1 Å². The minimum atomic E-state index is -4.06. The Morgan fingerprint density at radius 1 is 0.958 bits per heavy atom. The van der Waals surface area contributed by atoms with Crippen LogP contribution >= 0.6 is 34.8 Å². The normalized spacial score (nSPS) is 16.2. The van der Waals surface area contributed by atoms with E-state index in [9.17, 15) is 13.2 Å². The molecular weight excluding hydrogens is 403 g/mol. The zero-order chi connectivity index (χ0) is 17.6. The van der Waals surface area contributed by atoms with Crippen LogP contribution in [0.2, 0.25) is 15.1 Å². The molecule has 0 bridgehead atoms. The van der Waals surface area contributed by atoms with Gasteiger partial charge in [-0.1, -0.05) is 34.8 Å². The molecular formula is C14H7Cl3O6S. The fourth-order valence-electron chi connectivity index (χ4n) is 2.07. The fraction of sp³-hybridized carbons (Fsp3) is 0.0714. The summed E-state index contributed by atoms with van der Waals surface area (Å²) in [7, 11) is -4.06. The van der Waals surface area contributed by atoms with Gasteiger partial charge in [-0.3, -0.25) is 0 Å². The third-order valence-electron chi connectivity index (χ3n) is 3.10. The Kier molecular flexibility index (Phi) is 4.29. The molecule has 1 unspecified atom stereocenters. The van der Waals surface area contributed by atoms with Crippen LogP contribution in [0.5, 0.6) is 11.5 Å². The Hall–Kier alpha value is -1.67. The summed E-state index contributed by atoms with van der Waals surface area (Å²) in [6, 6.07) is 6.12. The Bertz CT molecular complexity index is 937. The third kappa shape index (κ3) is 3.00. The zero-order valence-corrected chi connectivity index (χ0v) is 14.6. The minimum Gasteiger partial charge on any atom is -0.476 e. The van der Waals surface area contributed by atoms with E-state index in [1.807, 2.05) is 0 Å². The van der Waals surface area contributed by atoms with Crippen LogP contribution in [-0.2, 0) is 14.6 Å². The average Bonchev–Trinajstić information content (AvgIpc) is 2.88. The van der Waals surface area contributed by atoms with Gasteiger partial charge in [0.15, 0.2) is 11.5 Å². The van der Waals surface area contributed by atoms with E-state index in [-0.39, 0.29) is 36.4 Å². The largest absolute Gasteiger partial charge is 0.476 e. The molecule has 0 aliphatic carbocycles. The average molecular weight is 410 g/mol. The first-order chi connectivity index (χ1) is 11.2. The van der Waals surface area contributed by atoms with Gasteiger partial charge in [-0.25, -0.2) is 13.2 Å². The van der Waals surface area contributed by atoms with Gasteiger partial charge < -0.3 is 14.6 Å². The van der Waals surface area contributed by atoms with Crippen LogP contribution in [0.15, 0.2) is 40.1 Å². The van der Waals surface area contributed by atoms with E-state index in [0.717, 1.165) is 6.07 Å². The van der Waals surface area contributed by atoms with Gasteiger partial charge in [-0.2, -0.15) is 0 Å². The molecule has 0 fully saturated rings. The van der Waals surface area contributed by atoms with Gasteiger partial charge in [-0.05, 0) is 18.2 Å². The second-order valence-electron chi connectivity index (χ2n) is 4.74. The minimum absolute atomic E-state index is 0.0375. The molecule has 0 radical (unpaired) electrons. The molecule has 1 atom stereocenters. The number of aliphatic carboxylic acids is 1. The summed E-state index contributed by atoms with van der Waals surface area (Å²) < 4.78 is 35.6. The molecule has 1 N–H and O–H groups in total. The lowest BCUT2D eigenvalue weighted by molar-refractivity contribution is -0.154. The first-order valence-electron chi connectivity index (χ1n) is 6.29. The van der Waals surface area contributed by atoms with Gasteiger partial charge >= 0.3 is 12.3 Å². The number of halogens is 3. The van der Waals surface area contributed by atoms with E-state index in [4.69, 9.17) is 49.4 Å². The SMILES string of the molecule is O=C(O)C1Oc2cc(Cl)c(S(=O)(=O)c3cc(Cl)cc(Cl)c3)cc2O1. The van der Waals surface area contributed by atoms with E-state index in [2.05, 4.69) is 0 Å². The monoisotopic (exact) mass is 408 g/mol. The van der Waals surface area contributed by atoms with E-state index in [1.165, 1.54) is 24.3 Å². The van der Waals surface area contributed by atoms with Crippen LogP contribution in [-0.4, -0.2) is 25.8 Å². The number of carbonyl (C=O) groups is 1. The summed E-state index contributed by atoms with van der Waals surface area (Å²) in [6.07, 6.45) is -1.56. The van der Waals surface area contributed by atoms with Gasteiger partial charge in [0.05, 0.1) is 14.8 Å². The maximum Gasteiger partial charge on any atom is 0.387 e. The molecule has 1 aliphatic heterocycles. The van der Waals surface area contributed by atoms with Crippen LogP contribution in [0.1, 0.15) is 0 Å². The summed E-state index contributed by atoms with van der Waals surface area (Å²) in [5.41, 5.74) is 0. The highest BCUT2D eigenvalue weighted by molar-refractivity contribution is 7.91. The second-order valence-corrected chi connectivity index (χ2v) is 7.94. The van der Waals surface area contributed by atoms with Crippen molar-refractivity contribution >= 4 is 50.6 Å². The maximum atomic E-state index is 12.8. The summed E-state index contributed by atoms with van der Waals surface area (Å²) in [5.74, 6) is -1.36. The summed E-state index contributed by atoms with van der Waals surface area (Å²) in [4.78, 5) is 10.5. The fourth-order valence-corrected chi connectivity index (χ4v) is 4.58. The summed E-state index contributed by atoms with van der Waals surface area (Å²) >= 11 is 17.7. The smallest absolute Gasteiger partial charge is 0.387 e. The van der Waals surface area contributed by atoms with Gasteiger partial charge in [-0.15, -0.1) is 0 Å². The number of rotatable bonds is 3. The van der Waals surface area contributed by atoms with Crippen LogP contribution < -0.4 is 9.47 Å². The molecule has 0 saturated heterocycles. The van der Waals surface area contributed by atoms with Crippen molar-refractivity contribution in [2.75, 3.05) is 0 Å². The highest BCUT2D eigenvalue weighted by Crippen LogP contribution is 2.42. The molecule has 24 heavy (non-hydrogen) atoms. The van der Waals surface area contributed by atoms with Crippen LogP contribution in [0, 0.1) is 0 Å². The van der Waals surface area contributed by atoms with Crippen LogP contribution in [0.25, 0.3) is 0 Å². The lowest BCUT2D eigenvalue weighted by Crippen LogP contribution is -2.28. The molecule has 1 heterocycles. The van der Waals surface area contributed by atoms with Crippen molar-refractivity contribution in [3.8, 4) is 11.5 Å². The van der Waals surface area contributed by atoms with Crippen molar-refractivity contribution in [1.82, 2.24) is 0 Å². The number of hydrogen-bond acceptors (Lipinski definition) is 5. The molecule has 0 aromatic heterocycles. The zero-order valence-electron chi connectivity index (χ0n) is 11.5. The number of carboxylic acid groups (broad SMARTS) is 1. The van der Waals surface area contributed by atoms with Gasteiger partial charge in [0, 0.05) is 22.2 Å². The van der Waals surface area contributed by atoms with E-state index in [0.29, 0.717) is 0 Å². The Morgan fingerprint density at radius 3 is 2.04 bits per heavy atom. The first-order valence-corrected chi connectivity index (χ1v) is 8.91. The van der Waals surface area contributed by atoms with Crippen molar-refractivity contribution in [2.24, 2.45) is 0 Å². The van der Waals surface area contributed by atoms with Crippen molar-refractivity contribution in [3.05, 3.63) is 45.4 Å². The molecule has 0 spiro atoms.